The maximum absolute atomic E-state index is 13.6. The van der Waals surface area contributed by atoms with Gasteiger partial charge in [0, 0.05) is 17.7 Å². The number of halogens is 1. The quantitative estimate of drug-likeness (QED) is 0.757. The zero-order valence-electron chi connectivity index (χ0n) is 11.6. The van der Waals surface area contributed by atoms with Gasteiger partial charge in [-0.3, -0.25) is 4.79 Å². The van der Waals surface area contributed by atoms with E-state index in [0.717, 1.165) is 18.9 Å². The van der Waals surface area contributed by atoms with E-state index in [9.17, 15) is 9.18 Å². The summed E-state index contributed by atoms with van der Waals surface area (Å²) >= 11 is 4.70. The minimum Gasteiger partial charge on any atom is -0.484 e. The number of hydrogen-bond acceptors (Lipinski definition) is 3. The van der Waals surface area contributed by atoms with E-state index >= 15 is 0 Å². The Morgan fingerprint density at radius 2 is 2.25 bits per heavy atom. The fraction of sp³-hybridized carbons (Fsp3) is 0.429. The number of nitrogens with one attached hydrogen (secondary N) is 1. The van der Waals surface area contributed by atoms with E-state index in [1.807, 2.05) is 13.8 Å². The number of carbonyl (C=O) groups excluding carboxylic acids is 1. The molecular formula is C14H19FN2O2S. The molecule has 1 rings (SSSR count). The van der Waals surface area contributed by atoms with Crippen LogP contribution in [0, 0.1) is 5.82 Å². The van der Waals surface area contributed by atoms with Crippen molar-refractivity contribution in [3.8, 4) is 5.75 Å². The van der Waals surface area contributed by atoms with Gasteiger partial charge in [-0.05, 0) is 25.5 Å². The van der Waals surface area contributed by atoms with Crippen LogP contribution in [0.3, 0.4) is 0 Å². The lowest BCUT2D eigenvalue weighted by Crippen LogP contribution is -2.35. The third-order valence-corrected chi connectivity index (χ3v) is 2.92. The topological polar surface area (TPSA) is 64.3 Å². The Labute approximate surface area is 123 Å². The van der Waals surface area contributed by atoms with Gasteiger partial charge in [0.25, 0.3) is 5.91 Å². The van der Waals surface area contributed by atoms with E-state index in [4.69, 9.17) is 22.7 Å². The van der Waals surface area contributed by atoms with Crippen molar-refractivity contribution in [3.63, 3.8) is 0 Å². The molecular weight excluding hydrogens is 279 g/mol. The van der Waals surface area contributed by atoms with Gasteiger partial charge in [0.1, 0.15) is 16.6 Å². The van der Waals surface area contributed by atoms with Crippen molar-refractivity contribution < 1.29 is 13.9 Å². The minimum absolute atomic E-state index is 0.0137. The highest BCUT2D eigenvalue weighted by molar-refractivity contribution is 7.80. The van der Waals surface area contributed by atoms with Crippen molar-refractivity contribution in [3.05, 3.63) is 29.6 Å². The standard InChI is InChI=1S/C14H19FN2O2S/c1-3-4-9(2)17-13(18)8-19-10-5-6-11(14(16)20)12(15)7-10/h5-7,9H,3-4,8H2,1-2H3,(H2,16,20)(H,17,18). The molecule has 0 radical (unpaired) electrons. The molecule has 0 aliphatic rings. The van der Waals surface area contributed by atoms with Gasteiger partial charge in [-0.15, -0.1) is 0 Å². The van der Waals surface area contributed by atoms with E-state index in [-0.39, 0.29) is 34.9 Å². The Morgan fingerprint density at radius 3 is 2.80 bits per heavy atom. The lowest BCUT2D eigenvalue weighted by atomic mass is 10.2. The molecule has 6 heteroatoms. The number of hydrogen-bond donors (Lipinski definition) is 2. The van der Waals surface area contributed by atoms with E-state index < -0.39 is 5.82 Å². The van der Waals surface area contributed by atoms with Crippen LogP contribution in [-0.2, 0) is 4.79 Å². The van der Waals surface area contributed by atoms with Crippen molar-refractivity contribution >= 4 is 23.1 Å². The fourth-order valence-corrected chi connectivity index (χ4v) is 1.92. The first-order valence-corrected chi connectivity index (χ1v) is 6.86. The second-order valence-corrected chi connectivity index (χ2v) is 4.99. The van der Waals surface area contributed by atoms with Crippen LogP contribution >= 0.6 is 12.2 Å². The van der Waals surface area contributed by atoms with Crippen molar-refractivity contribution in [1.29, 1.82) is 0 Å². The third kappa shape index (κ3) is 5.13. The first-order valence-electron chi connectivity index (χ1n) is 6.45. The summed E-state index contributed by atoms with van der Waals surface area (Å²) in [6, 6.07) is 4.23. The third-order valence-electron chi connectivity index (χ3n) is 2.71. The SMILES string of the molecule is CCCC(C)NC(=O)COc1ccc(C(N)=S)c(F)c1. The molecule has 1 atom stereocenters. The predicted octanol–water partition coefficient (Wildman–Crippen LogP) is 2.14. The highest BCUT2D eigenvalue weighted by Crippen LogP contribution is 2.16. The van der Waals surface area contributed by atoms with Crippen molar-refractivity contribution in [2.24, 2.45) is 5.73 Å². The van der Waals surface area contributed by atoms with E-state index in [0.29, 0.717) is 0 Å². The van der Waals surface area contributed by atoms with E-state index in [2.05, 4.69) is 5.32 Å². The molecule has 0 fully saturated rings. The Bertz CT molecular complexity index is 494. The molecule has 0 spiro atoms. The summed E-state index contributed by atoms with van der Waals surface area (Å²) < 4.78 is 18.8. The number of rotatable bonds is 7. The number of carbonyl (C=O) groups is 1. The fourth-order valence-electron chi connectivity index (χ4n) is 1.76. The molecule has 1 aromatic carbocycles. The normalized spacial score (nSPS) is 11.8. The van der Waals surface area contributed by atoms with Crippen LogP contribution in [0.2, 0.25) is 0 Å². The average Bonchev–Trinajstić information content (AvgIpc) is 2.36. The zero-order chi connectivity index (χ0) is 15.1. The molecule has 1 unspecified atom stereocenters. The summed E-state index contributed by atoms with van der Waals surface area (Å²) in [5.41, 5.74) is 5.52. The van der Waals surface area contributed by atoms with Crippen LogP contribution in [0.15, 0.2) is 18.2 Å². The van der Waals surface area contributed by atoms with Gasteiger partial charge in [0.2, 0.25) is 0 Å². The van der Waals surface area contributed by atoms with E-state index in [1.54, 1.807) is 0 Å². The molecule has 0 saturated heterocycles. The molecule has 0 saturated carbocycles. The highest BCUT2D eigenvalue weighted by atomic mass is 32.1. The predicted molar refractivity (Wildman–Crippen MR) is 80.3 cm³/mol. The summed E-state index contributed by atoms with van der Waals surface area (Å²) in [6.45, 7) is 3.82. The number of ether oxygens (including phenoxy) is 1. The Morgan fingerprint density at radius 1 is 1.55 bits per heavy atom. The molecule has 20 heavy (non-hydrogen) atoms. The van der Waals surface area contributed by atoms with Crippen LogP contribution in [0.25, 0.3) is 0 Å². The second kappa shape index (κ2) is 7.79. The van der Waals surface area contributed by atoms with Gasteiger partial charge in [-0.25, -0.2) is 4.39 Å². The van der Waals surface area contributed by atoms with Crippen molar-refractivity contribution in [2.75, 3.05) is 6.61 Å². The Balaban J connectivity index is 2.52. The maximum Gasteiger partial charge on any atom is 0.258 e. The molecule has 1 amide bonds. The van der Waals surface area contributed by atoms with Crippen LogP contribution < -0.4 is 15.8 Å². The Hall–Kier alpha value is -1.69. The number of benzene rings is 1. The molecule has 3 N–H and O–H groups in total. The van der Waals surface area contributed by atoms with Gasteiger partial charge in [-0.1, -0.05) is 25.6 Å². The molecule has 0 aromatic heterocycles. The maximum atomic E-state index is 13.6. The lowest BCUT2D eigenvalue weighted by Gasteiger charge is -2.13. The number of amides is 1. The second-order valence-electron chi connectivity index (χ2n) is 4.55. The summed E-state index contributed by atoms with van der Waals surface area (Å²) in [4.78, 5) is 11.6. The lowest BCUT2D eigenvalue weighted by molar-refractivity contribution is -0.123. The van der Waals surface area contributed by atoms with Gasteiger partial charge >= 0.3 is 0 Å². The van der Waals surface area contributed by atoms with E-state index in [1.165, 1.54) is 12.1 Å². The first-order chi connectivity index (χ1) is 9.43. The molecule has 0 bridgehead atoms. The summed E-state index contributed by atoms with van der Waals surface area (Å²) in [5, 5.41) is 2.80. The number of thiocarbonyl (C=S) groups is 1. The van der Waals surface area contributed by atoms with Crippen LogP contribution in [0.1, 0.15) is 32.3 Å². The summed E-state index contributed by atoms with van der Waals surface area (Å²) in [7, 11) is 0. The molecule has 0 heterocycles. The highest BCUT2D eigenvalue weighted by Gasteiger charge is 2.09. The van der Waals surface area contributed by atoms with Crippen LogP contribution in [0.5, 0.6) is 5.75 Å². The first kappa shape index (κ1) is 16.4. The van der Waals surface area contributed by atoms with Crippen molar-refractivity contribution in [2.45, 2.75) is 32.7 Å². The summed E-state index contributed by atoms with van der Waals surface area (Å²) in [6.07, 6.45) is 1.90. The van der Waals surface area contributed by atoms with Gasteiger partial charge in [0.15, 0.2) is 6.61 Å². The van der Waals surface area contributed by atoms with Crippen molar-refractivity contribution in [1.82, 2.24) is 5.32 Å². The number of nitrogens with two attached hydrogens (primary N) is 1. The average molecular weight is 298 g/mol. The summed E-state index contributed by atoms with van der Waals surface area (Å²) in [5.74, 6) is -0.527. The van der Waals surface area contributed by atoms with Gasteiger partial charge < -0.3 is 15.8 Å². The smallest absolute Gasteiger partial charge is 0.258 e. The molecule has 1 aromatic rings. The molecule has 0 aliphatic carbocycles. The minimum atomic E-state index is -0.560. The zero-order valence-corrected chi connectivity index (χ0v) is 12.4. The monoisotopic (exact) mass is 298 g/mol. The van der Waals surface area contributed by atoms with Crippen LogP contribution in [0.4, 0.5) is 4.39 Å². The molecule has 0 aliphatic heterocycles. The largest absolute Gasteiger partial charge is 0.484 e. The van der Waals surface area contributed by atoms with Gasteiger partial charge in [-0.2, -0.15) is 0 Å². The molecule has 110 valence electrons. The Kier molecular flexibility index (Phi) is 6.38. The molecule has 4 nitrogen and oxygen atoms in total. The van der Waals surface area contributed by atoms with Crippen LogP contribution in [-0.4, -0.2) is 23.5 Å². The van der Waals surface area contributed by atoms with Gasteiger partial charge in [0.05, 0.1) is 0 Å².